The number of likely N-dealkylation sites (N-methyl/N-ethyl adjacent to an activating group) is 1. The molecule has 0 bridgehead atoms. The molecule has 1 fully saturated rings. The number of hydrogen-bond acceptors (Lipinski definition) is 5. The summed E-state index contributed by atoms with van der Waals surface area (Å²) in [5, 5.41) is 4.55. The normalized spacial score (nSPS) is 17.5. The smallest absolute Gasteiger partial charge is 0.310 e. The molecule has 4 rings (SSSR count). The Balaban J connectivity index is 1.46. The summed E-state index contributed by atoms with van der Waals surface area (Å²) in [4.78, 5) is 41.2. The average Bonchev–Trinajstić information content (AvgIpc) is 3.42. The SMILES string of the molecule is CCOC(=O)C1CCCN(C(=O)CN(C)C(=O)c2nn(-c3ccc(F)cc3)c3c2CCC3)C1. The Morgan fingerprint density at radius 1 is 1.18 bits per heavy atom. The molecule has 1 unspecified atom stereocenters. The number of piperidine rings is 1. The van der Waals surface area contributed by atoms with Crippen molar-refractivity contribution in [1.29, 1.82) is 0 Å². The van der Waals surface area contributed by atoms with E-state index in [4.69, 9.17) is 4.74 Å². The lowest BCUT2D eigenvalue weighted by Gasteiger charge is -2.32. The van der Waals surface area contributed by atoms with E-state index in [9.17, 15) is 18.8 Å². The largest absolute Gasteiger partial charge is 0.466 e. The summed E-state index contributed by atoms with van der Waals surface area (Å²) in [6, 6.07) is 6.01. The molecule has 9 heteroatoms. The van der Waals surface area contributed by atoms with E-state index in [1.165, 1.54) is 17.0 Å². The van der Waals surface area contributed by atoms with Crippen LogP contribution in [0.3, 0.4) is 0 Å². The topological polar surface area (TPSA) is 84.7 Å². The molecule has 0 radical (unpaired) electrons. The van der Waals surface area contributed by atoms with E-state index in [0.29, 0.717) is 37.5 Å². The molecule has 1 aliphatic carbocycles. The summed E-state index contributed by atoms with van der Waals surface area (Å²) in [6.45, 7) is 2.86. The maximum absolute atomic E-state index is 13.3. The number of amides is 2. The molecule has 1 saturated heterocycles. The molecule has 2 aliphatic rings. The van der Waals surface area contributed by atoms with Crippen LogP contribution in [0.2, 0.25) is 0 Å². The van der Waals surface area contributed by atoms with Gasteiger partial charge in [0.15, 0.2) is 5.69 Å². The van der Waals surface area contributed by atoms with Gasteiger partial charge < -0.3 is 14.5 Å². The zero-order valence-corrected chi connectivity index (χ0v) is 19.1. The lowest BCUT2D eigenvalue weighted by Crippen LogP contribution is -2.47. The summed E-state index contributed by atoms with van der Waals surface area (Å²) < 4.78 is 20.2. The summed E-state index contributed by atoms with van der Waals surface area (Å²) in [6.07, 6.45) is 3.87. The van der Waals surface area contributed by atoms with Crippen LogP contribution in [0.5, 0.6) is 0 Å². The van der Waals surface area contributed by atoms with Crippen molar-refractivity contribution in [2.45, 2.75) is 39.0 Å². The van der Waals surface area contributed by atoms with Crippen LogP contribution >= 0.6 is 0 Å². The molecular weight excluding hydrogens is 427 g/mol. The third-order valence-corrected chi connectivity index (χ3v) is 6.32. The van der Waals surface area contributed by atoms with Crippen molar-refractivity contribution in [3.8, 4) is 5.69 Å². The number of rotatable bonds is 6. The molecule has 1 aromatic carbocycles. The fourth-order valence-corrected chi connectivity index (χ4v) is 4.62. The molecule has 1 aliphatic heterocycles. The van der Waals surface area contributed by atoms with Crippen LogP contribution in [0, 0.1) is 11.7 Å². The van der Waals surface area contributed by atoms with Gasteiger partial charge in [0.05, 0.1) is 24.8 Å². The molecule has 2 aromatic rings. The van der Waals surface area contributed by atoms with Crippen molar-refractivity contribution < 1.29 is 23.5 Å². The van der Waals surface area contributed by atoms with E-state index in [1.807, 2.05) is 0 Å². The average molecular weight is 457 g/mol. The first-order valence-electron chi connectivity index (χ1n) is 11.5. The quantitative estimate of drug-likeness (QED) is 0.623. The van der Waals surface area contributed by atoms with Crippen LogP contribution in [-0.2, 0) is 27.2 Å². The third kappa shape index (κ3) is 4.77. The van der Waals surface area contributed by atoms with Crippen LogP contribution in [0.1, 0.15) is 47.9 Å². The number of carbonyl (C=O) groups excluding carboxylic acids is 3. The van der Waals surface area contributed by atoms with Gasteiger partial charge in [-0.25, -0.2) is 9.07 Å². The van der Waals surface area contributed by atoms with Gasteiger partial charge >= 0.3 is 5.97 Å². The van der Waals surface area contributed by atoms with Crippen molar-refractivity contribution >= 4 is 17.8 Å². The first kappa shape index (κ1) is 22.9. The van der Waals surface area contributed by atoms with Gasteiger partial charge in [-0.2, -0.15) is 5.10 Å². The number of hydrogen-bond donors (Lipinski definition) is 0. The molecule has 1 atom stereocenters. The van der Waals surface area contributed by atoms with Crippen LogP contribution in [0.25, 0.3) is 5.69 Å². The van der Waals surface area contributed by atoms with Crippen LogP contribution in [0.4, 0.5) is 4.39 Å². The monoisotopic (exact) mass is 456 g/mol. The van der Waals surface area contributed by atoms with Crippen molar-refractivity contribution in [3.05, 3.63) is 47.0 Å². The Morgan fingerprint density at radius 3 is 2.67 bits per heavy atom. The second kappa shape index (κ2) is 9.72. The van der Waals surface area contributed by atoms with E-state index < -0.39 is 0 Å². The molecule has 176 valence electrons. The number of halogens is 1. The Kier molecular flexibility index (Phi) is 6.76. The highest BCUT2D eigenvalue weighted by atomic mass is 19.1. The number of aromatic nitrogens is 2. The van der Waals surface area contributed by atoms with Crippen LogP contribution < -0.4 is 0 Å². The second-order valence-corrected chi connectivity index (χ2v) is 8.61. The fourth-order valence-electron chi connectivity index (χ4n) is 4.62. The second-order valence-electron chi connectivity index (χ2n) is 8.61. The maximum atomic E-state index is 13.3. The maximum Gasteiger partial charge on any atom is 0.310 e. The molecule has 0 saturated carbocycles. The highest BCUT2D eigenvalue weighted by Gasteiger charge is 2.32. The number of nitrogens with zero attached hydrogens (tertiary/aromatic N) is 4. The minimum atomic E-state index is -0.333. The molecule has 0 N–H and O–H groups in total. The fraction of sp³-hybridized carbons (Fsp3) is 0.500. The summed E-state index contributed by atoms with van der Waals surface area (Å²) in [5.74, 6) is -1.45. The highest BCUT2D eigenvalue weighted by molar-refractivity contribution is 5.96. The lowest BCUT2D eigenvalue weighted by molar-refractivity contribution is -0.151. The molecule has 0 spiro atoms. The van der Waals surface area contributed by atoms with Gasteiger partial charge in [-0.15, -0.1) is 0 Å². The molecule has 33 heavy (non-hydrogen) atoms. The number of ether oxygens (including phenoxy) is 1. The van der Waals surface area contributed by atoms with Gasteiger partial charge in [-0.05, 0) is 63.3 Å². The zero-order valence-electron chi connectivity index (χ0n) is 19.1. The number of fused-ring (bicyclic) bond motifs is 1. The van der Waals surface area contributed by atoms with Crippen LogP contribution in [0.15, 0.2) is 24.3 Å². The number of carbonyl (C=O) groups is 3. The van der Waals surface area contributed by atoms with Crippen molar-refractivity contribution in [2.24, 2.45) is 5.92 Å². The van der Waals surface area contributed by atoms with Gasteiger partial charge in [0.2, 0.25) is 5.91 Å². The highest BCUT2D eigenvalue weighted by Crippen LogP contribution is 2.28. The van der Waals surface area contributed by atoms with Gasteiger partial charge in [0, 0.05) is 31.4 Å². The predicted molar refractivity (Wildman–Crippen MR) is 118 cm³/mol. The molecule has 8 nitrogen and oxygen atoms in total. The van der Waals surface area contributed by atoms with Crippen molar-refractivity contribution in [2.75, 3.05) is 33.3 Å². The Labute approximate surface area is 192 Å². The number of esters is 1. The summed E-state index contributed by atoms with van der Waals surface area (Å²) in [5.41, 5.74) is 2.89. The van der Waals surface area contributed by atoms with Crippen LogP contribution in [-0.4, -0.2) is 70.7 Å². The first-order valence-corrected chi connectivity index (χ1v) is 11.5. The van der Waals surface area contributed by atoms with Gasteiger partial charge in [0.25, 0.3) is 5.91 Å². The summed E-state index contributed by atoms with van der Waals surface area (Å²) >= 11 is 0. The number of benzene rings is 1. The van der Waals surface area contributed by atoms with E-state index in [1.54, 1.807) is 35.7 Å². The van der Waals surface area contributed by atoms with E-state index in [0.717, 1.165) is 36.9 Å². The first-order chi connectivity index (χ1) is 15.9. The molecule has 2 amide bonds. The van der Waals surface area contributed by atoms with E-state index in [-0.39, 0.29) is 36.1 Å². The van der Waals surface area contributed by atoms with E-state index >= 15 is 0 Å². The summed E-state index contributed by atoms with van der Waals surface area (Å²) in [7, 11) is 1.59. The molecule has 2 heterocycles. The zero-order chi connectivity index (χ0) is 23.5. The van der Waals surface area contributed by atoms with Gasteiger partial charge in [0.1, 0.15) is 5.82 Å². The van der Waals surface area contributed by atoms with Gasteiger partial charge in [-0.1, -0.05) is 0 Å². The Hall–Kier alpha value is -3.23. The lowest BCUT2D eigenvalue weighted by atomic mass is 9.98. The molecule has 1 aromatic heterocycles. The number of likely N-dealkylation sites (tertiary alicyclic amines) is 1. The van der Waals surface area contributed by atoms with Gasteiger partial charge in [-0.3, -0.25) is 14.4 Å². The molecular formula is C24H29FN4O4. The Bertz CT molecular complexity index is 1050. The van der Waals surface area contributed by atoms with E-state index in [2.05, 4.69) is 5.10 Å². The van der Waals surface area contributed by atoms with Crippen molar-refractivity contribution in [1.82, 2.24) is 19.6 Å². The third-order valence-electron chi connectivity index (χ3n) is 6.32. The van der Waals surface area contributed by atoms with Crippen molar-refractivity contribution in [3.63, 3.8) is 0 Å². The minimum Gasteiger partial charge on any atom is -0.466 e. The predicted octanol–water partition coefficient (Wildman–Crippen LogP) is 2.37. The Morgan fingerprint density at radius 2 is 1.94 bits per heavy atom. The minimum absolute atomic E-state index is 0.0907. The standard InChI is InChI=1S/C24H29FN4O4/c1-3-33-24(32)16-6-5-13-28(14-16)21(30)15-27(2)23(31)22-19-7-4-8-20(19)29(26-22)18-11-9-17(25)10-12-18/h9-12,16H,3-8,13-15H2,1-2H3.